The van der Waals surface area contributed by atoms with Gasteiger partial charge in [-0.05, 0) is 18.6 Å². The topological polar surface area (TPSA) is 81.0 Å². The molecular formula is C14H17N3O2S. The second kappa shape index (κ2) is 6.47. The number of nitrogen functional groups attached to an aromatic ring is 1. The average molecular weight is 291 g/mol. The monoisotopic (exact) mass is 291 g/mol. The van der Waals surface area contributed by atoms with Crippen LogP contribution in [0, 0.1) is 0 Å². The van der Waals surface area contributed by atoms with Gasteiger partial charge in [-0.1, -0.05) is 25.1 Å². The number of nitrogens with two attached hydrogens (primary N) is 1. The molecule has 0 bridgehead atoms. The third kappa shape index (κ3) is 3.77. The van der Waals surface area contributed by atoms with E-state index in [9.17, 15) is 4.79 Å². The van der Waals surface area contributed by atoms with Crippen LogP contribution in [0.1, 0.15) is 19.0 Å². The van der Waals surface area contributed by atoms with Crippen molar-refractivity contribution in [3.05, 3.63) is 40.3 Å². The van der Waals surface area contributed by atoms with Crippen LogP contribution in [0.15, 0.2) is 39.1 Å². The minimum Gasteiger partial charge on any atom is -0.497 e. The molecule has 0 unspecified atom stereocenters. The van der Waals surface area contributed by atoms with E-state index in [4.69, 9.17) is 10.5 Å². The minimum atomic E-state index is -0.137. The van der Waals surface area contributed by atoms with Gasteiger partial charge < -0.3 is 15.5 Å². The van der Waals surface area contributed by atoms with E-state index >= 15 is 0 Å². The fourth-order valence-electron chi connectivity index (χ4n) is 1.80. The molecule has 1 heterocycles. The number of rotatable bonds is 5. The average Bonchev–Trinajstić information content (AvgIpc) is 2.37. The molecule has 2 aromatic rings. The first-order valence-corrected chi connectivity index (χ1v) is 7.15. The van der Waals surface area contributed by atoms with Crippen molar-refractivity contribution >= 4 is 17.4 Å². The molecule has 3 N–H and O–H groups in total. The van der Waals surface area contributed by atoms with E-state index in [1.807, 2.05) is 12.1 Å². The van der Waals surface area contributed by atoms with Gasteiger partial charge in [0.05, 0.1) is 7.11 Å². The molecular weight excluding hydrogens is 274 g/mol. The van der Waals surface area contributed by atoms with Gasteiger partial charge in [0.15, 0.2) is 5.16 Å². The third-order valence-corrected chi connectivity index (χ3v) is 3.49. The van der Waals surface area contributed by atoms with Crippen LogP contribution in [-0.2, 0) is 6.42 Å². The Kier molecular flexibility index (Phi) is 4.68. The lowest BCUT2D eigenvalue weighted by molar-refractivity contribution is 0.414. The molecule has 1 aromatic heterocycles. The van der Waals surface area contributed by atoms with Crippen LogP contribution in [0.25, 0.3) is 0 Å². The fourth-order valence-corrected chi connectivity index (χ4v) is 2.71. The highest BCUT2D eigenvalue weighted by Gasteiger charge is 2.06. The largest absolute Gasteiger partial charge is 0.497 e. The van der Waals surface area contributed by atoms with E-state index in [2.05, 4.69) is 16.9 Å². The summed E-state index contributed by atoms with van der Waals surface area (Å²) < 4.78 is 5.17. The van der Waals surface area contributed by atoms with Crippen LogP contribution in [0.2, 0.25) is 0 Å². The molecule has 0 aliphatic heterocycles. The Morgan fingerprint density at radius 2 is 2.15 bits per heavy atom. The summed E-state index contributed by atoms with van der Waals surface area (Å²) in [5, 5.41) is 0.564. The molecule has 0 fully saturated rings. The zero-order valence-corrected chi connectivity index (χ0v) is 12.3. The maximum absolute atomic E-state index is 11.6. The molecule has 0 aliphatic carbocycles. The summed E-state index contributed by atoms with van der Waals surface area (Å²) in [5.41, 5.74) is 7.08. The zero-order chi connectivity index (χ0) is 14.5. The van der Waals surface area contributed by atoms with Crippen molar-refractivity contribution in [2.75, 3.05) is 12.8 Å². The summed E-state index contributed by atoms with van der Waals surface area (Å²) in [6, 6.07) is 6.95. The Hall–Kier alpha value is -1.95. The van der Waals surface area contributed by atoms with Crippen molar-refractivity contribution in [3.63, 3.8) is 0 Å². The number of hydrogen-bond acceptors (Lipinski definition) is 5. The van der Waals surface area contributed by atoms with Crippen LogP contribution in [0.5, 0.6) is 5.75 Å². The van der Waals surface area contributed by atoms with Crippen molar-refractivity contribution in [1.82, 2.24) is 9.97 Å². The Bertz CT molecular complexity index is 655. The van der Waals surface area contributed by atoms with Crippen LogP contribution < -0.4 is 16.0 Å². The number of aromatic nitrogens is 2. The Morgan fingerprint density at radius 1 is 1.35 bits per heavy atom. The zero-order valence-electron chi connectivity index (χ0n) is 11.5. The summed E-state index contributed by atoms with van der Waals surface area (Å²) in [4.78, 5) is 19.6. The molecule has 1 aromatic carbocycles. The Labute approximate surface area is 121 Å². The molecule has 6 heteroatoms. The van der Waals surface area contributed by atoms with E-state index < -0.39 is 0 Å². The van der Waals surface area contributed by atoms with E-state index in [1.54, 1.807) is 13.2 Å². The molecule has 0 amide bonds. The van der Waals surface area contributed by atoms with Gasteiger partial charge in [-0.2, -0.15) is 0 Å². The quantitative estimate of drug-likeness (QED) is 0.653. The lowest BCUT2D eigenvalue weighted by atomic mass is 10.2. The number of anilines is 1. The number of benzene rings is 1. The SMILES string of the molecule is CCCc1cc(=O)[nH]c(Sc2cc(N)cc(OC)c2)n1. The third-order valence-electron chi connectivity index (χ3n) is 2.63. The fraction of sp³-hybridized carbons (Fsp3) is 0.286. The van der Waals surface area contributed by atoms with Crippen LogP contribution in [-0.4, -0.2) is 17.1 Å². The van der Waals surface area contributed by atoms with Crippen molar-refractivity contribution < 1.29 is 4.74 Å². The summed E-state index contributed by atoms with van der Waals surface area (Å²) in [6.45, 7) is 2.05. The summed E-state index contributed by atoms with van der Waals surface area (Å²) >= 11 is 1.36. The van der Waals surface area contributed by atoms with Gasteiger partial charge in [0.25, 0.3) is 5.56 Å². The lowest BCUT2D eigenvalue weighted by Crippen LogP contribution is -2.09. The van der Waals surface area contributed by atoms with Gasteiger partial charge >= 0.3 is 0 Å². The van der Waals surface area contributed by atoms with Gasteiger partial charge in [0.2, 0.25) is 0 Å². The number of hydrogen-bond donors (Lipinski definition) is 2. The van der Waals surface area contributed by atoms with E-state index in [-0.39, 0.29) is 5.56 Å². The first-order valence-electron chi connectivity index (χ1n) is 6.33. The van der Waals surface area contributed by atoms with Gasteiger partial charge in [0.1, 0.15) is 5.75 Å². The van der Waals surface area contributed by atoms with Gasteiger partial charge in [-0.3, -0.25) is 4.79 Å². The molecule has 106 valence electrons. The first-order chi connectivity index (χ1) is 9.60. The van der Waals surface area contributed by atoms with Crippen LogP contribution in [0.4, 0.5) is 5.69 Å². The maximum atomic E-state index is 11.6. The first kappa shape index (κ1) is 14.5. The lowest BCUT2D eigenvalue weighted by Gasteiger charge is -2.06. The molecule has 0 spiro atoms. The number of nitrogens with zero attached hydrogens (tertiary/aromatic N) is 1. The van der Waals surface area contributed by atoms with Gasteiger partial charge in [0, 0.05) is 28.4 Å². The second-order valence-electron chi connectivity index (χ2n) is 4.34. The molecule has 2 rings (SSSR count). The van der Waals surface area contributed by atoms with E-state index in [1.165, 1.54) is 17.8 Å². The number of methoxy groups -OCH3 is 1. The normalized spacial score (nSPS) is 10.5. The summed E-state index contributed by atoms with van der Waals surface area (Å²) in [7, 11) is 1.59. The molecule has 0 radical (unpaired) electrons. The molecule has 5 nitrogen and oxygen atoms in total. The predicted octanol–water partition coefficient (Wildman–Crippen LogP) is 2.46. The number of ether oxygens (including phenoxy) is 1. The molecule has 0 aliphatic rings. The Balaban J connectivity index is 2.29. The van der Waals surface area contributed by atoms with E-state index in [0.29, 0.717) is 16.6 Å². The number of nitrogens with one attached hydrogen (secondary N) is 1. The van der Waals surface area contributed by atoms with Gasteiger partial charge in [-0.15, -0.1) is 0 Å². The van der Waals surface area contributed by atoms with Crippen LogP contribution in [0.3, 0.4) is 0 Å². The maximum Gasteiger partial charge on any atom is 0.251 e. The van der Waals surface area contributed by atoms with Crippen molar-refractivity contribution in [2.45, 2.75) is 29.8 Å². The standard InChI is InChI=1S/C14H17N3O2S/c1-3-4-10-7-13(18)17-14(16-10)20-12-6-9(15)5-11(8-12)19-2/h5-8H,3-4,15H2,1-2H3,(H,16,17,18). The number of H-pyrrole nitrogens is 1. The number of aryl methyl sites for hydroxylation is 1. The Morgan fingerprint density at radius 3 is 2.85 bits per heavy atom. The molecule has 0 saturated carbocycles. The highest BCUT2D eigenvalue weighted by atomic mass is 32.2. The molecule has 0 saturated heterocycles. The number of aromatic amines is 1. The molecule has 0 atom stereocenters. The van der Waals surface area contributed by atoms with Crippen molar-refractivity contribution in [2.24, 2.45) is 0 Å². The minimum absolute atomic E-state index is 0.137. The highest BCUT2D eigenvalue weighted by molar-refractivity contribution is 7.99. The van der Waals surface area contributed by atoms with Crippen molar-refractivity contribution in [1.29, 1.82) is 0 Å². The summed E-state index contributed by atoms with van der Waals surface area (Å²) in [5.74, 6) is 0.680. The molecule has 20 heavy (non-hydrogen) atoms. The van der Waals surface area contributed by atoms with Crippen LogP contribution >= 0.6 is 11.8 Å². The predicted molar refractivity (Wildman–Crippen MR) is 80.4 cm³/mol. The van der Waals surface area contributed by atoms with Crippen molar-refractivity contribution in [3.8, 4) is 5.75 Å². The van der Waals surface area contributed by atoms with Gasteiger partial charge in [-0.25, -0.2) is 4.98 Å². The smallest absolute Gasteiger partial charge is 0.251 e. The summed E-state index contributed by atoms with van der Waals surface area (Å²) in [6.07, 6.45) is 1.74. The van der Waals surface area contributed by atoms with E-state index in [0.717, 1.165) is 23.4 Å². The highest BCUT2D eigenvalue weighted by Crippen LogP contribution is 2.29. The second-order valence-corrected chi connectivity index (χ2v) is 5.40.